The molecule has 3 atom stereocenters. The van der Waals surface area contributed by atoms with Gasteiger partial charge in [-0.05, 0) is 69.0 Å². The van der Waals surface area contributed by atoms with E-state index in [4.69, 9.17) is 26.5 Å². The van der Waals surface area contributed by atoms with Gasteiger partial charge in [0.1, 0.15) is 11.4 Å². The molecule has 2 heterocycles. The summed E-state index contributed by atoms with van der Waals surface area (Å²) in [6.07, 6.45) is 1.83. The van der Waals surface area contributed by atoms with Crippen LogP contribution in [0.5, 0.6) is 0 Å². The van der Waals surface area contributed by atoms with Crippen LogP contribution in [0.15, 0.2) is 42.5 Å². The number of carbonyl (C=O) groups excluding carboxylic acids is 2. The highest BCUT2D eigenvalue weighted by Crippen LogP contribution is 2.39. The van der Waals surface area contributed by atoms with Crippen LogP contribution in [0.2, 0.25) is 0 Å². The predicted octanol–water partition coefficient (Wildman–Crippen LogP) is 2.65. The van der Waals surface area contributed by atoms with Gasteiger partial charge in [0.2, 0.25) is 5.91 Å². The van der Waals surface area contributed by atoms with Crippen LogP contribution in [0.4, 0.5) is 0 Å². The van der Waals surface area contributed by atoms with Crippen LogP contribution in [-0.2, 0) is 26.8 Å². The van der Waals surface area contributed by atoms with Crippen molar-refractivity contribution in [2.45, 2.75) is 50.6 Å². The molecule has 4 rings (SSSR count). The number of amides is 1. The van der Waals surface area contributed by atoms with Crippen molar-refractivity contribution in [2.75, 3.05) is 19.7 Å². The van der Waals surface area contributed by atoms with Crippen molar-refractivity contribution in [2.24, 2.45) is 18.5 Å². The van der Waals surface area contributed by atoms with Crippen molar-refractivity contribution in [1.29, 1.82) is 5.26 Å². The van der Waals surface area contributed by atoms with Gasteiger partial charge in [-0.2, -0.15) is 5.26 Å². The number of rotatable bonds is 7. The van der Waals surface area contributed by atoms with Crippen molar-refractivity contribution < 1.29 is 14.3 Å². The molecule has 3 aromatic rings. The van der Waals surface area contributed by atoms with E-state index in [2.05, 4.69) is 6.07 Å². The number of imidazole rings is 1. The Labute approximate surface area is 217 Å². The topological polar surface area (TPSA) is 140 Å². The summed E-state index contributed by atoms with van der Waals surface area (Å²) in [4.78, 5) is 33.6. The van der Waals surface area contributed by atoms with Crippen molar-refractivity contribution in [3.63, 3.8) is 0 Å². The summed E-state index contributed by atoms with van der Waals surface area (Å²) in [5.74, 6) is -0.201. The second kappa shape index (κ2) is 9.96. The average Bonchev–Trinajstić information content (AvgIpc) is 3.55. The standard InChI is InChI=1S/C28H34N6O3/c1-5-37-26(36)28(3,31)27(2,25(35)34-14-6-7-15-34)20-12-13-22-21(16-20)32-24(33(22)4)23(30)19-10-8-18(17-29)9-11-19/h8-13,16,23H,5-7,14-15,30-31H2,1-4H3. The van der Waals surface area contributed by atoms with E-state index >= 15 is 0 Å². The van der Waals surface area contributed by atoms with E-state index < -0.39 is 23.0 Å². The van der Waals surface area contributed by atoms with Crippen LogP contribution in [0, 0.1) is 11.3 Å². The molecule has 9 heteroatoms. The van der Waals surface area contributed by atoms with E-state index in [1.165, 1.54) is 0 Å². The maximum atomic E-state index is 13.9. The van der Waals surface area contributed by atoms with Gasteiger partial charge in [-0.25, -0.2) is 4.98 Å². The van der Waals surface area contributed by atoms with Gasteiger partial charge in [0.25, 0.3) is 0 Å². The predicted molar refractivity (Wildman–Crippen MR) is 140 cm³/mol. The largest absolute Gasteiger partial charge is 0.465 e. The Balaban J connectivity index is 1.81. The lowest BCUT2D eigenvalue weighted by molar-refractivity contribution is -0.157. The van der Waals surface area contributed by atoms with Crippen molar-refractivity contribution in [3.8, 4) is 6.07 Å². The lowest BCUT2D eigenvalue weighted by Gasteiger charge is -2.43. The number of ether oxygens (including phenoxy) is 1. The molecule has 1 aromatic heterocycles. The smallest absolute Gasteiger partial charge is 0.327 e. The van der Waals surface area contributed by atoms with Gasteiger partial charge in [-0.15, -0.1) is 0 Å². The molecule has 0 spiro atoms. The summed E-state index contributed by atoms with van der Waals surface area (Å²) >= 11 is 0. The highest BCUT2D eigenvalue weighted by molar-refractivity contribution is 5.98. The second-order valence-electron chi connectivity index (χ2n) is 9.99. The molecule has 194 valence electrons. The zero-order valence-corrected chi connectivity index (χ0v) is 21.8. The first-order chi connectivity index (χ1) is 17.6. The third kappa shape index (κ3) is 4.37. The van der Waals surface area contributed by atoms with Crippen molar-refractivity contribution >= 4 is 22.9 Å². The number of aromatic nitrogens is 2. The maximum absolute atomic E-state index is 13.9. The fourth-order valence-corrected chi connectivity index (χ4v) is 5.09. The number of fused-ring (bicyclic) bond motifs is 1. The molecule has 1 amide bonds. The van der Waals surface area contributed by atoms with E-state index in [0.717, 1.165) is 23.9 Å². The van der Waals surface area contributed by atoms with Crippen LogP contribution in [0.1, 0.15) is 62.2 Å². The number of nitrogens with two attached hydrogens (primary N) is 2. The summed E-state index contributed by atoms with van der Waals surface area (Å²) in [6, 6.07) is 14.2. The fourth-order valence-electron chi connectivity index (χ4n) is 5.09. The summed E-state index contributed by atoms with van der Waals surface area (Å²) in [5.41, 5.74) is 13.7. The van der Waals surface area contributed by atoms with Gasteiger partial charge < -0.3 is 25.7 Å². The Kier molecular flexibility index (Phi) is 7.09. The van der Waals surface area contributed by atoms with Crippen LogP contribution in [0.25, 0.3) is 11.0 Å². The van der Waals surface area contributed by atoms with Gasteiger partial charge in [-0.3, -0.25) is 9.59 Å². The van der Waals surface area contributed by atoms with Crippen LogP contribution in [-0.4, -0.2) is 51.6 Å². The Morgan fingerprint density at radius 1 is 1.16 bits per heavy atom. The highest BCUT2D eigenvalue weighted by atomic mass is 16.5. The van der Waals surface area contributed by atoms with Gasteiger partial charge >= 0.3 is 5.97 Å². The first-order valence-corrected chi connectivity index (χ1v) is 12.5. The van der Waals surface area contributed by atoms with Crippen LogP contribution < -0.4 is 11.5 Å². The zero-order valence-electron chi connectivity index (χ0n) is 21.8. The number of carbonyl (C=O) groups is 2. The molecule has 1 aliphatic heterocycles. The quantitative estimate of drug-likeness (QED) is 0.473. The molecule has 1 aliphatic rings. The lowest BCUT2D eigenvalue weighted by Crippen LogP contribution is -2.66. The van der Waals surface area contributed by atoms with Crippen molar-refractivity contribution in [3.05, 3.63) is 65.0 Å². The molecule has 3 unspecified atom stereocenters. The second-order valence-corrected chi connectivity index (χ2v) is 9.99. The van der Waals surface area contributed by atoms with Crippen LogP contribution in [0.3, 0.4) is 0 Å². The fraction of sp³-hybridized carbons (Fsp3) is 0.429. The minimum Gasteiger partial charge on any atom is -0.465 e. The summed E-state index contributed by atoms with van der Waals surface area (Å²) in [7, 11) is 1.88. The summed E-state index contributed by atoms with van der Waals surface area (Å²) in [6.45, 7) is 6.42. The number of esters is 1. The Hall–Kier alpha value is -3.74. The third-order valence-corrected chi connectivity index (χ3v) is 7.73. The van der Waals surface area contributed by atoms with E-state index in [9.17, 15) is 9.59 Å². The molecule has 0 bridgehead atoms. The molecule has 1 fully saturated rings. The first kappa shape index (κ1) is 26.3. The molecule has 0 radical (unpaired) electrons. The summed E-state index contributed by atoms with van der Waals surface area (Å²) in [5, 5.41) is 9.08. The van der Waals surface area contributed by atoms with Gasteiger partial charge in [-0.1, -0.05) is 18.2 Å². The minimum absolute atomic E-state index is 0.162. The minimum atomic E-state index is -1.62. The molecular weight excluding hydrogens is 468 g/mol. The molecule has 1 saturated heterocycles. The molecule has 2 aromatic carbocycles. The van der Waals surface area contributed by atoms with E-state index in [1.54, 1.807) is 37.8 Å². The lowest BCUT2D eigenvalue weighted by atomic mass is 9.66. The molecule has 9 nitrogen and oxygen atoms in total. The number of aryl methyl sites for hydroxylation is 1. The Morgan fingerprint density at radius 3 is 2.41 bits per heavy atom. The number of nitriles is 1. The molecule has 37 heavy (non-hydrogen) atoms. The molecule has 0 saturated carbocycles. The average molecular weight is 503 g/mol. The highest BCUT2D eigenvalue weighted by Gasteiger charge is 2.56. The van der Waals surface area contributed by atoms with Crippen molar-refractivity contribution in [1.82, 2.24) is 14.5 Å². The Morgan fingerprint density at radius 2 is 1.81 bits per heavy atom. The monoisotopic (exact) mass is 502 g/mol. The normalized spacial score (nSPS) is 17.6. The van der Waals surface area contributed by atoms with E-state index in [0.29, 0.717) is 35.6 Å². The SMILES string of the molecule is CCOC(=O)C(C)(N)C(C)(C(=O)N1CCCC1)c1ccc2c(c1)nc(C(N)c1ccc(C#N)cc1)n2C. The number of benzene rings is 2. The number of hydrogen-bond acceptors (Lipinski definition) is 7. The van der Waals surface area contributed by atoms with E-state index in [1.807, 2.05) is 41.9 Å². The number of nitrogens with zero attached hydrogens (tertiary/aromatic N) is 4. The molecule has 4 N–H and O–H groups in total. The maximum Gasteiger partial charge on any atom is 0.327 e. The van der Waals surface area contributed by atoms with Gasteiger partial charge in [0.15, 0.2) is 0 Å². The Bertz CT molecular complexity index is 1370. The summed E-state index contributed by atoms with van der Waals surface area (Å²) < 4.78 is 7.22. The molecular formula is C28H34N6O3. The number of likely N-dealkylation sites (tertiary alicyclic amines) is 1. The van der Waals surface area contributed by atoms with Crippen LogP contribution >= 0.6 is 0 Å². The first-order valence-electron chi connectivity index (χ1n) is 12.5. The third-order valence-electron chi connectivity index (χ3n) is 7.73. The number of hydrogen-bond donors (Lipinski definition) is 2. The van der Waals surface area contributed by atoms with Gasteiger partial charge in [0, 0.05) is 20.1 Å². The zero-order chi connectivity index (χ0) is 27.0. The van der Waals surface area contributed by atoms with Gasteiger partial charge in [0.05, 0.1) is 40.7 Å². The van der Waals surface area contributed by atoms with E-state index in [-0.39, 0.29) is 12.5 Å². The molecule has 0 aliphatic carbocycles.